The Bertz CT molecular complexity index is 413. The third-order valence-corrected chi connectivity index (χ3v) is 3.56. The molecule has 0 bridgehead atoms. The van der Waals surface area contributed by atoms with Gasteiger partial charge in [0.1, 0.15) is 0 Å². The van der Waals surface area contributed by atoms with Gasteiger partial charge in [-0.3, -0.25) is 0 Å². The summed E-state index contributed by atoms with van der Waals surface area (Å²) >= 11 is 3.46. The van der Waals surface area contributed by atoms with Gasteiger partial charge in [-0.25, -0.2) is 0 Å². The summed E-state index contributed by atoms with van der Waals surface area (Å²) in [5.41, 5.74) is 11.4. The molecular weight excluding hydrogens is 258 g/mol. The van der Waals surface area contributed by atoms with Gasteiger partial charge >= 0.3 is 0 Å². The molecule has 0 aliphatic heterocycles. The Kier molecular flexibility index (Phi) is 4.15. The Morgan fingerprint density at radius 1 is 1.53 bits per heavy atom. The van der Waals surface area contributed by atoms with E-state index in [1.807, 2.05) is 26.0 Å². The molecule has 0 saturated heterocycles. The maximum atomic E-state index is 9.12. The lowest BCUT2D eigenvalue weighted by atomic mass is 10.0. The fraction of sp³-hybridized carbons (Fsp3) is 0.400. The summed E-state index contributed by atoms with van der Waals surface area (Å²) in [5, 5.41) is 12.7. The van der Waals surface area contributed by atoms with Crippen LogP contribution in [-0.2, 0) is 0 Å². The van der Waals surface area contributed by atoms with E-state index in [1.54, 1.807) is 0 Å². The Hall–Kier alpha value is -1.03. The molecular formula is C10H12BrN3O. The summed E-state index contributed by atoms with van der Waals surface area (Å²) in [4.78, 5) is 2.73. The molecule has 1 rings (SSSR count). The molecule has 0 fully saturated rings. The quantitative estimate of drug-likeness (QED) is 0.510. The minimum Gasteiger partial charge on any atom is -0.396 e. The maximum absolute atomic E-state index is 9.12. The molecule has 0 amide bonds. The van der Waals surface area contributed by atoms with Crippen molar-refractivity contribution < 1.29 is 5.11 Å². The van der Waals surface area contributed by atoms with Crippen molar-refractivity contribution in [2.75, 3.05) is 6.61 Å². The van der Waals surface area contributed by atoms with E-state index in [2.05, 4.69) is 26.0 Å². The number of azide groups is 1. The van der Waals surface area contributed by atoms with Crippen molar-refractivity contribution in [1.82, 2.24) is 0 Å². The highest BCUT2D eigenvalue weighted by Gasteiger charge is 2.13. The van der Waals surface area contributed by atoms with E-state index in [-0.39, 0.29) is 6.61 Å². The maximum Gasteiger partial charge on any atom is 0.0859 e. The van der Waals surface area contributed by atoms with Gasteiger partial charge in [0.15, 0.2) is 0 Å². The Labute approximate surface area is 96.7 Å². The molecule has 0 aromatic heterocycles. The number of nitrogens with zero attached hydrogens (tertiary/aromatic N) is 3. The number of aliphatic hydroxyl groups is 1. The normalized spacial score (nSPS) is 12.0. The second-order valence-corrected chi connectivity index (χ2v) is 4.11. The van der Waals surface area contributed by atoms with E-state index in [1.165, 1.54) is 0 Å². The van der Waals surface area contributed by atoms with Crippen LogP contribution in [0.1, 0.15) is 22.7 Å². The molecule has 1 atom stereocenters. The zero-order valence-corrected chi connectivity index (χ0v) is 10.2. The molecule has 5 heteroatoms. The van der Waals surface area contributed by atoms with Crippen molar-refractivity contribution in [3.8, 4) is 0 Å². The number of halogens is 1. The van der Waals surface area contributed by atoms with Gasteiger partial charge in [-0.1, -0.05) is 33.2 Å². The van der Waals surface area contributed by atoms with Gasteiger partial charge in [-0.05, 0) is 36.1 Å². The van der Waals surface area contributed by atoms with Crippen LogP contribution in [-0.4, -0.2) is 11.7 Å². The van der Waals surface area contributed by atoms with Gasteiger partial charge in [0, 0.05) is 9.38 Å². The summed E-state index contributed by atoms with van der Waals surface area (Å²) < 4.78 is 0.992. The predicted molar refractivity (Wildman–Crippen MR) is 62.6 cm³/mol. The summed E-state index contributed by atoms with van der Waals surface area (Å²) in [6.45, 7) is 3.74. The van der Waals surface area contributed by atoms with E-state index < -0.39 is 6.04 Å². The topological polar surface area (TPSA) is 69.0 Å². The van der Waals surface area contributed by atoms with E-state index in [9.17, 15) is 0 Å². The van der Waals surface area contributed by atoms with Gasteiger partial charge in [-0.2, -0.15) is 0 Å². The summed E-state index contributed by atoms with van der Waals surface area (Å²) in [7, 11) is 0. The third kappa shape index (κ3) is 2.50. The van der Waals surface area contributed by atoms with E-state index in [0.29, 0.717) is 0 Å². The van der Waals surface area contributed by atoms with Crippen LogP contribution in [0.3, 0.4) is 0 Å². The number of hydrogen-bond donors (Lipinski definition) is 1. The van der Waals surface area contributed by atoms with Crippen molar-refractivity contribution in [3.63, 3.8) is 0 Å². The van der Waals surface area contributed by atoms with E-state index in [4.69, 9.17) is 10.6 Å². The lowest BCUT2D eigenvalue weighted by Crippen LogP contribution is -2.03. The standard InChI is InChI=1S/C10H12BrN3O/c1-6-3-4-8(7(2)10(6)11)9(5-15)13-14-12/h3-4,9,15H,5H2,1-2H3. The van der Waals surface area contributed by atoms with Crippen molar-refractivity contribution in [2.24, 2.45) is 5.11 Å². The molecule has 1 unspecified atom stereocenters. The van der Waals surface area contributed by atoms with Crippen molar-refractivity contribution in [1.29, 1.82) is 0 Å². The Morgan fingerprint density at radius 3 is 2.73 bits per heavy atom. The average Bonchev–Trinajstić information content (AvgIpc) is 2.24. The molecule has 1 N–H and O–H groups in total. The molecule has 0 heterocycles. The van der Waals surface area contributed by atoms with Crippen LogP contribution in [0.4, 0.5) is 0 Å². The second-order valence-electron chi connectivity index (χ2n) is 3.31. The minimum absolute atomic E-state index is 0.180. The summed E-state index contributed by atoms with van der Waals surface area (Å²) in [5.74, 6) is 0. The number of benzene rings is 1. The SMILES string of the molecule is Cc1ccc(C(CO)N=[N+]=[N-])c(C)c1Br. The smallest absolute Gasteiger partial charge is 0.0859 e. The lowest BCUT2D eigenvalue weighted by molar-refractivity contribution is 0.267. The van der Waals surface area contributed by atoms with Gasteiger partial charge in [0.05, 0.1) is 12.6 Å². The lowest BCUT2D eigenvalue weighted by Gasteiger charge is -2.14. The van der Waals surface area contributed by atoms with Gasteiger partial charge in [0.25, 0.3) is 0 Å². The van der Waals surface area contributed by atoms with Crippen LogP contribution in [0.25, 0.3) is 10.4 Å². The highest BCUT2D eigenvalue weighted by molar-refractivity contribution is 9.10. The molecule has 0 aliphatic carbocycles. The number of rotatable bonds is 3. The first-order valence-electron chi connectivity index (χ1n) is 4.52. The van der Waals surface area contributed by atoms with Crippen molar-refractivity contribution in [3.05, 3.63) is 43.7 Å². The molecule has 1 aromatic rings. The van der Waals surface area contributed by atoms with Crippen LogP contribution in [0.2, 0.25) is 0 Å². The molecule has 0 aliphatic rings. The Morgan fingerprint density at radius 2 is 2.20 bits per heavy atom. The second kappa shape index (κ2) is 5.16. The fourth-order valence-corrected chi connectivity index (χ4v) is 1.82. The predicted octanol–water partition coefficient (Wildman–Crippen LogP) is 3.41. The van der Waals surface area contributed by atoms with Gasteiger partial charge in [0.2, 0.25) is 0 Å². The minimum atomic E-state index is -0.508. The van der Waals surface area contributed by atoms with Crippen LogP contribution in [0.15, 0.2) is 21.7 Å². The Balaban J connectivity index is 3.25. The summed E-state index contributed by atoms with van der Waals surface area (Å²) in [6, 6.07) is 3.30. The molecule has 0 spiro atoms. The van der Waals surface area contributed by atoms with Crippen LogP contribution in [0.5, 0.6) is 0 Å². The zero-order chi connectivity index (χ0) is 11.4. The largest absolute Gasteiger partial charge is 0.396 e. The average molecular weight is 270 g/mol. The van der Waals surface area contributed by atoms with E-state index in [0.717, 1.165) is 21.2 Å². The number of aliphatic hydroxyl groups excluding tert-OH is 1. The zero-order valence-electron chi connectivity index (χ0n) is 8.61. The highest BCUT2D eigenvalue weighted by atomic mass is 79.9. The van der Waals surface area contributed by atoms with Gasteiger partial charge in [-0.15, -0.1) is 0 Å². The van der Waals surface area contributed by atoms with E-state index >= 15 is 0 Å². The fourth-order valence-electron chi connectivity index (χ4n) is 1.46. The molecule has 80 valence electrons. The molecule has 15 heavy (non-hydrogen) atoms. The molecule has 0 saturated carbocycles. The highest BCUT2D eigenvalue weighted by Crippen LogP contribution is 2.29. The van der Waals surface area contributed by atoms with Crippen molar-refractivity contribution in [2.45, 2.75) is 19.9 Å². The van der Waals surface area contributed by atoms with Crippen LogP contribution < -0.4 is 0 Å². The number of aryl methyl sites for hydroxylation is 1. The first-order valence-corrected chi connectivity index (χ1v) is 5.31. The monoisotopic (exact) mass is 269 g/mol. The third-order valence-electron chi connectivity index (χ3n) is 2.34. The molecule has 4 nitrogen and oxygen atoms in total. The first-order chi connectivity index (χ1) is 7.11. The number of hydrogen-bond acceptors (Lipinski definition) is 2. The summed E-state index contributed by atoms with van der Waals surface area (Å²) in [6.07, 6.45) is 0. The molecule has 0 radical (unpaired) electrons. The van der Waals surface area contributed by atoms with Crippen molar-refractivity contribution >= 4 is 15.9 Å². The van der Waals surface area contributed by atoms with Gasteiger partial charge < -0.3 is 5.11 Å². The first kappa shape index (κ1) is 12.0. The van der Waals surface area contributed by atoms with Crippen LogP contribution >= 0.6 is 15.9 Å². The molecule has 1 aromatic carbocycles. The van der Waals surface area contributed by atoms with Crippen LogP contribution in [0, 0.1) is 13.8 Å².